The predicted octanol–water partition coefficient (Wildman–Crippen LogP) is 2.35. The number of pyridine rings is 1. The molecule has 0 aliphatic carbocycles. The molecule has 0 aliphatic heterocycles. The molecule has 0 amide bonds. The van der Waals surface area contributed by atoms with Crippen LogP contribution in [0.3, 0.4) is 0 Å². The van der Waals surface area contributed by atoms with Crippen molar-refractivity contribution in [3.63, 3.8) is 0 Å². The lowest BCUT2D eigenvalue weighted by Gasteiger charge is -2.13. The zero-order valence-corrected chi connectivity index (χ0v) is 9.47. The summed E-state index contributed by atoms with van der Waals surface area (Å²) in [7, 11) is 4.02. The molecule has 2 aromatic heterocycles. The lowest BCUT2D eigenvalue weighted by atomic mass is 10.3. The largest absolute Gasteiger partial charge is 0.472 e. The van der Waals surface area contributed by atoms with E-state index in [1.54, 1.807) is 18.7 Å². The average Bonchev–Trinajstić information content (AvgIpc) is 2.79. The van der Waals surface area contributed by atoms with E-state index in [0.29, 0.717) is 0 Å². The molecule has 0 bridgehead atoms. The molecule has 84 valence electrons. The highest BCUT2D eigenvalue weighted by Crippen LogP contribution is 2.15. The standard InChI is InChI=1S/C12H15N3O/c1-15(2)11-3-5-13-12(7-11)14-8-10-4-6-16-9-10/h3-7,9H,8H2,1-2H3,(H,13,14). The summed E-state index contributed by atoms with van der Waals surface area (Å²) in [5.41, 5.74) is 2.24. The van der Waals surface area contributed by atoms with Crippen molar-refractivity contribution in [1.82, 2.24) is 4.98 Å². The van der Waals surface area contributed by atoms with Gasteiger partial charge in [-0.15, -0.1) is 0 Å². The van der Waals surface area contributed by atoms with Crippen molar-refractivity contribution in [1.29, 1.82) is 0 Å². The fraction of sp³-hybridized carbons (Fsp3) is 0.250. The molecule has 2 aromatic rings. The van der Waals surface area contributed by atoms with E-state index in [1.807, 2.05) is 37.2 Å². The maximum Gasteiger partial charge on any atom is 0.128 e. The molecule has 0 saturated carbocycles. The maximum atomic E-state index is 5.00. The molecule has 0 fully saturated rings. The lowest BCUT2D eigenvalue weighted by molar-refractivity contribution is 0.564. The van der Waals surface area contributed by atoms with E-state index in [2.05, 4.69) is 10.3 Å². The topological polar surface area (TPSA) is 41.3 Å². The first-order valence-corrected chi connectivity index (χ1v) is 5.14. The van der Waals surface area contributed by atoms with Gasteiger partial charge in [0.15, 0.2) is 0 Å². The predicted molar refractivity (Wildman–Crippen MR) is 64.6 cm³/mol. The maximum absolute atomic E-state index is 5.00. The number of nitrogens with one attached hydrogen (secondary N) is 1. The highest BCUT2D eigenvalue weighted by molar-refractivity contribution is 5.52. The van der Waals surface area contributed by atoms with Crippen LogP contribution in [0.2, 0.25) is 0 Å². The Bertz CT molecular complexity index is 437. The molecule has 2 rings (SSSR count). The first-order chi connectivity index (χ1) is 7.75. The van der Waals surface area contributed by atoms with Crippen molar-refractivity contribution in [2.75, 3.05) is 24.3 Å². The Labute approximate surface area is 94.9 Å². The number of hydrogen-bond acceptors (Lipinski definition) is 4. The minimum absolute atomic E-state index is 0.723. The van der Waals surface area contributed by atoms with E-state index >= 15 is 0 Å². The van der Waals surface area contributed by atoms with Gasteiger partial charge in [0.2, 0.25) is 0 Å². The smallest absolute Gasteiger partial charge is 0.128 e. The second-order valence-electron chi connectivity index (χ2n) is 3.78. The summed E-state index contributed by atoms with van der Waals surface area (Å²) in [5, 5.41) is 3.24. The van der Waals surface area contributed by atoms with Gasteiger partial charge in [0.1, 0.15) is 5.82 Å². The highest BCUT2D eigenvalue weighted by Gasteiger charge is 1.99. The van der Waals surface area contributed by atoms with Crippen LogP contribution >= 0.6 is 0 Å². The summed E-state index contributed by atoms with van der Waals surface area (Å²) in [6.07, 6.45) is 5.19. The van der Waals surface area contributed by atoms with Crippen LogP contribution in [-0.4, -0.2) is 19.1 Å². The quantitative estimate of drug-likeness (QED) is 0.853. The molecule has 4 nitrogen and oxygen atoms in total. The molecular weight excluding hydrogens is 202 g/mol. The first-order valence-electron chi connectivity index (χ1n) is 5.14. The summed E-state index contributed by atoms with van der Waals surface area (Å²) >= 11 is 0. The third kappa shape index (κ3) is 2.53. The van der Waals surface area contributed by atoms with E-state index in [1.165, 1.54) is 0 Å². The van der Waals surface area contributed by atoms with Crippen molar-refractivity contribution in [3.05, 3.63) is 42.5 Å². The Hall–Kier alpha value is -1.97. The number of furan rings is 1. The Kier molecular flexibility index (Phi) is 3.10. The van der Waals surface area contributed by atoms with Gasteiger partial charge in [0.25, 0.3) is 0 Å². The van der Waals surface area contributed by atoms with Crippen LogP contribution < -0.4 is 10.2 Å². The fourth-order valence-electron chi connectivity index (χ4n) is 1.38. The van der Waals surface area contributed by atoms with E-state index in [9.17, 15) is 0 Å². The molecule has 0 atom stereocenters. The second kappa shape index (κ2) is 4.70. The summed E-state index contributed by atoms with van der Waals surface area (Å²) < 4.78 is 5.00. The van der Waals surface area contributed by atoms with Crippen LogP contribution in [0.25, 0.3) is 0 Å². The molecule has 0 spiro atoms. The molecule has 16 heavy (non-hydrogen) atoms. The highest BCUT2D eigenvalue weighted by atomic mass is 16.3. The van der Waals surface area contributed by atoms with Crippen LogP contribution in [0, 0.1) is 0 Å². The molecule has 2 heterocycles. The summed E-state index contributed by atoms with van der Waals surface area (Å²) in [6.45, 7) is 0.723. The van der Waals surface area contributed by atoms with Gasteiger partial charge in [-0.25, -0.2) is 4.98 Å². The van der Waals surface area contributed by atoms with E-state index in [-0.39, 0.29) is 0 Å². The van der Waals surface area contributed by atoms with Gasteiger partial charge in [-0.05, 0) is 12.1 Å². The summed E-state index contributed by atoms with van der Waals surface area (Å²) in [6, 6.07) is 5.92. The van der Waals surface area contributed by atoms with Gasteiger partial charge in [0, 0.05) is 44.2 Å². The fourth-order valence-corrected chi connectivity index (χ4v) is 1.38. The molecular formula is C12H15N3O. The van der Waals surface area contributed by atoms with Crippen molar-refractivity contribution in [3.8, 4) is 0 Å². The lowest BCUT2D eigenvalue weighted by Crippen LogP contribution is -2.09. The van der Waals surface area contributed by atoms with Crippen LogP contribution in [0.4, 0.5) is 11.5 Å². The van der Waals surface area contributed by atoms with Crippen LogP contribution in [0.5, 0.6) is 0 Å². The molecule has 0 saturated heterocycles. The molecule has 0 radical (unpaired) electrons. The number of nitrogens with zero attached hydrogens (tertiary/aromatic N) is 2. The van der Waals surface area contributed by atoms with E-state index < -0.39 is 0 Å². The van der Waals surface area contributed by atoms with E-state index in [0.717, 1.165) is 23.6 Å². The SMILES string of the molecule is CN(C)c1ccnc(NCc2ccoc2)c1. The molecule has 0 unspecified atom stereocenters. The minimum Gasteiger partial charge on any atom is -0.472 e. The van der Waals surface area contributed by atoms with Crippen molar-refractivity contribution in [2.24, 2.45) is 0 Å². The first kappa shape index (κ1) is 10.5. The third-order valence-electron chi connectivity index (χ3n) is 2.31. The van der Waals surface area contributed by atoms with Gasteiger partial charge in [-0.2, -0.15) is 0 Å². The van der Waals surface area contributed by atoms with Crippen LogP contribution in [-0.2, 0) is 6.54 Å². The summed E-state index contributed by atoms with van der Waals surface area (Å²) in [5.74, 6) is 0.868. The number of anilines is 2. The zero-order chi connectivity index (χ0) is 11.4. The van der Waals surface area contributed by atoms with Crippen molar-refractivity contribution in [2.45, 2.75) is 6.54 Å². The zero-order valence-electron chi connectivity index (χ0n) is 9.47. The Morgan fingerprint density at radius 2 is 2.25 bits per heavy atom. The molecule has 0 aromatic carbocycles. The second-order valence-corrected chi connectivity index (χ2v) is 3.78. The average molecular weight is 217 g/mol. The minimum atomic E-state index is 0.723. The number of aromatic nitrogens is 1. The van der Waals surface area contributed by atoms with Gasteiger partial charge in [0.05, 0.1) is 12.5 Å². The third-order valence-corrected chi connectivity index (χ3v) is 2.31. The summed E-state index contributed by atoms with van der Waals surface area (Å²) in [4.78, 5) is 6.30. The van der Waals surface area contributed by atoms with Crippen molar-refractivity contribution < 1.29 is 4.42 Å². The molecule has 1 N–H and O–H groups in total. The van der Waals surface area contributed by atoms with Gasteiger partial charge in [-0.3, -0.25) is 0 Å². The molecule has 4 heteroatoms. The number of rotatable bonds is 4. The van der Waals surface area contributed by atoms with Gasteiger partial charge < -0.3 is 14.6 Å². The van der Waals surface area contributed by atoms with E-state index in [4.69, 9.17) is 4.42 Å². The Morgan fingerprint density at radius 1 is 1.38 bits per heavy atom. The monoisotopic (exact) mass is 217 g/mol. The van der Waals surface area contributed by atoms with Crippen molar-refractivity contribution >= 4 is 11.5 Å². The Morgan fingerprint density at radius 3 is 2.94 bits per heavy atom. The normalized spacial score (nSPS) is 10.1. The Balaban J connectivity index is 2.01. The van der Waals surface area contributed by atoms with Gasteiger partial charge in [-0.1, -0.05) is 0 Å². The van der Waals surface area contributed by atoms with Crippen LogP contribution in [0.1, 0.15) is 5.56 Å². The number of hydrogen-bond donors (Lipinski definition) is 1. The van der Waals surface area contributed by atoms with Crippen LogP contribution in [0.15, 0.2) is 41.3 Å². The van der Waals surface area contributed by atoms with Gasteiger partial charge >= 0.3 is 0 Å². The molecule has 0 aliphatic rings.